The van der Waals surface area contributed by atoms with Gasteiger partial charge in [0.2, 0.25) is 0 Å². The predicted octanol–water partition coefficient (Wildman–Crippen LogP) is 1.82. The summed E-state index contributed by atoms with van der Waals surface area (Å²) in [5.74, 6) is 1.46. The lowest BCUT2D eigenvalue weighted by Crippen LogP contribution is -2.33. The van der Waals surface area contributed by atoms with E-state index in [4.69, 9.17) is 0 Å². The minimum absolute atomic E-state index is 0.148. The predicted molar refractivity (Wildman–Crippen MR) is 73.6 cm³/mol. The van der Waals surface area contributed by atoms with E-state index < -0.39 is 0 Å². The molecule has 0 radical (unpaired) electrons. The standard InChI is InChI=1S/C14H27N3O/c1-11(2)9-13-10-17(14(18)16-13)8-5-12-3-6-15-7-4-12/h11-13,15H,3-10H2,1-2H3,(H,16,18). The van der Waals surface area contributed by atoms with Crippen LogP contribution in [0.25, 0.3) is 0 Å². The molecule has 0 aliphatic carbocycles. The van der Waals surface area contributed by atoms with Gasteiger partial charge in [0.25, 0.3) is 0 Å². The fourth-order valence-electron chi connectivity index (χ4n) is 3.06. The van der Waals surface area contributed by atoms with Crippen LogP contribution in [0.1, 0.15) is 39.5 Å². The molecule has 0 spiro atoms. The van der Waals surface area contributed by atoms with Crippen molar-refractivity contribution < 1.29 is 4.79 Å². The van der Waals surface area contributed by atoms with E-state index in [9.17, 15) is 4.79 Å². The molecule has 104 valence electrons. The van der Waals surface area contributed by atoms with Gasteiger partial charge in [-0.1, -0.05) is 13.8 Å². The summed E-state index contributed by atoms with van der Waals surface area (Å²) in [5.41, 5.74) is 0. The fraction of sp³-hybridized carbons (Fsp3) is 0.929. The zero-order chi connectivity index (χ0) is 13.0. The highest BCUT2D eigenvalue weighted by molar-refractivity contribution is 5.76. The monoisotopic (exact) mass is 253 g/mol. The summed E-state index contributed by atoms with van der Waals surface area (Å²) in [6.07, 6.45) is 4.80. The molecule has 2 aliphatic rings. The second kappa shape index (κ2) is 6.41. The van der Waals surface area contributed by atoms with Crippen LogP contribution in [0.15, 0.2) is 0 Å². The SMILES string of the molecule is CC(C)CC1CN(CCC2CCNCC2)C(=O)N1. The lowest BCUT2D eigenvalue weighted by Gasteiger charge is -2.24. The third-order valence-electron chi connectivity index (χ3n) is 4.08. The first kappa shape index (κ1) is 13.7. The third-order valence-corrected chi connectivity index (χ3v) is 4.08. The van der Waals surface area contributed by atoms with Gasteiger partial charge in [0, 0.05) is 19.1 Å². The highest BCUT2D eigenvalue weighted by atomic mass is 16.2. The molecular formula is C14H27N3O. The summed E-state index contributed by atoms with van der Waals surface area (Å²) in [6.45, 7) is 8.56. The first-order valence-corrected chi connectivity index (χ1v) is 7.41. The van der Waals surface area contributed by atoms with Gasteiger partial charge in [0.1, 0.15) is 0 Å². The Morgan fingerprint density at radius 2 is 2.06 bits per heavy atom. The fourth-order valence-corrected chi connectivity index (χ4v) is 3.06. The molecule has 2 heterocycles. The van der Waals surface area contributed by atoms with Gasteiger partial charge in [-0.3, -0.25) is 0 Å². The van der Waals surface area contributed by atoms with Crippen LogP contribution in [0.4, 0.5) is 4.79 Å². The lowest BCUT2D eigenvalue weighted by molar-refractivity contribution is 0.210. The van der Waals surface area contributed by atoms with Crippen molar-refractivity contribution in [2.75, 3.05) is 26.2 Å². The van der Waals surface area contributed by atoms with Gasteiger partial charge in [-0.25, -0.2) is 4.79 Å². The van der Waals surface area contributed by atoms with Crippen molar-refractivity contribution in [1.29, 1.82) is 0 Å². The number of hydrogen-bond acceptors (Lipinski definition) is 2. The van der Waals surface area contributed by atoms with E-state index in [0.29, 0.717) is 12.0 Å². The number of rotatable bonds is 5. The van der Waals surface area contributed by atoms with E-state index >= 15 is 0 Å². The molecule has 18 heavy (non-hydrogen) atoms. The first-order chi connectivity index (χ1) is 8.65. The van der Waals surface area contributed by atoms with E-state index in [-0.39, 0.29) is 6.03 Å². The van der Waals surface area contributed by atoms with Crippen LogP contribution in [0.2, 0.25) is 0 Å². The van der Waals surface area contributed by atoms with Gasteiger partial charge in [0.05, 0.1) is 0 Å². The second-order valence-electron chi connectivity index (χ2n) is 6.20. The molecule has 2 aliphatic heterocycles. The Hall–Kier alpha value is -0.770. The maximum absolute atomic E-state index is 11.8. The highest BCUT2D eigenvalue weighted by Crippen LogP contribution is 2.18. The van der Waals surface area contributed by atoms with Crippen LogP contribution in [-0.4, -0.2) is 43.2 Å². The van der Waals surface area contributed by atoms with Crippen LogP contribution in [0.5, 0.6) is 0 Å². The minimum atomic E-state index is 0.148. The summed E-state index contributed by atoms with van der Waals surface area (Å²) < 4.78 is 0. The normalized spacial score (nSPS) is 25.8. The van der Waals surface area contributed by atoms with Gasteiger partial charge in [0.15, 0.2) is 0 Å². The van der Waals surface area contributed by atoms with E-state index in [2.05, 4.69) is 24.5 Å². The maximum atomic E-state index is 11.8. The molecule has 0 bridgehead atoms. The Balaban J connectivity index is 1.71. The van der Waals surface area contributed by atoms with E-state index in [0.717, 1.165) is 38.5 Å². The van der Waals surface area contributed by atoms with Crippen molar-refractivity contribution in [1.82, 2.24) is 15.5 Å². The summed E-state index contributed by atoms with van der Waals surface area (Å²) in [4.78, 5) is 13.9. The molecule has 0 saturated carbocycles. The van der Waals surface area contributed by atoms with Gasteiger partial charge in [-0.05, 0) is 50.6 Å². The van der Waals surface area contributed by atoms with E-state index in [1.807, 2.05) is 4.90 Å². The number of hydrogen-bond donors (Lipinski definition) is 2. The summed E-state index contributed by atoms with van der Waals surface area (Å²) in [5, 5.41) is 6.48. The van der Waals surface area contributed by atoms with Gasteiger partial charge in [-0.2, -0.15) is 0 Å². The number of carbonyl (C=O) groups excluding carboxylic acids is 1. The van der Waals surface area contributed by atoms with Crippen LogP contribution >= 0.6 is 0 Å². The van der Waals surface area contributed by atoms with E-state index in [1.54, 1.807) is 0 Å². The Bertz CT molecular complexity index is 274. The molecule has 0 aromatic rings. The summed E-state index contributed by atoms with van der Waals surface area (Å²) >= 11 is 0. The van der Waals surface area contributed by atoms with Crippen LogP contribution in [-0.2, 0) is 0 Å². The molecule has 2 fully saturated rings. The number of carbonyl (C=O) groups is 1. The van der Waals surface area contributed by atoms with E-state index in [1.165, 1.54) is 19.3 Å². The highest BCUT2D eigenvalue weighted by Gasteiger charge is 2.29. The molecular weight excluding hydrogens is 226 g/mol. The van der Waals surface area contributed by atoms with Crippen molar-refractivity contribution in [3.63, 3.8) is 0 Å². The molecule has 4 heteroatoms. The smallest absolute Gasteiger partial charge is 0.317 e. The maximum Gasteiger partial charge on any atom is 0.317 e. The Labute approximate surface area is 110 Å². The Morgan fingerprint density at radius 1 is 1.33 bits per heavy atom. The topological polar surface area (TPSA) is 44.4 Å². The van der Waals surface area contributed by atoms with Crippen LogP contribution in [0.3, 0.4) is 0 Å². The number of amides is 2. The zero-order valence-corrected chi connectivity index (χ0v) is 11.7. The quantitative estimate of drug-likeness (QED) is 0.785. The molecule has 0 aromatic heterocycles. The van der Waals surface area contributed by atoms with Crippen LogP contribution < -0.4 is 10.6 Å². The molecule has 2 N–H and O–H groups in total. The minimum Gasteiger partial charge on any atom is -0.333 e. The van der Waals surface area contributed by atoms with Crippen molar-refractivity contribution in [2.45, 2.75) is 45.6 Å². The number of nitrogens with zero attached hydrogens (tertiary/aromatic N) is 1. The first-order valence-electron chi connectivity index (χ1n) is 7.41. The average Bonchev–Trinajstić information content (AvgIpc) is 2.67. The molecule has 1 unspecified atom stereocenters. The molecule has 0 aromatic carbocycles. The molecule has 4 nitrogen and oxygen atoms in total. The largest absolute Gasteiger partial charge is 0.333 e. The van der Waals surface area contributed by atoms with Crippen molar-refractivity contribution >= 4 is 6.03 Å². The zero-order valence-electron chi connectivity index (χ0n) is 11.7. The molecule has 2 rings (SSSR count). The lowest BCUT2D eigenvalue weighted by atomic mass is 9.94. The van der Waals surface area contributed by atoms with Crippen LogP contribution in [0, 0.1) is 11.8 Å². The van der Waals surface area contributed by atoms with Gasteiger partial charge >= 0.3 is 6.03 Å². The number of nitrogens with one attached hydrogen (secondary N) is 2. The second-order valence-corrected chi connectivity index (χ2v) is 6.20. The molecule has 2 amide bonds. The summed E-state index contributed by atoms with van der Waals surface area (Å²) in [6, 6.07) is 0.514. The third kappa shape index (κ3) is 3.87. The van der Waals surface area contributed by atoms with Gasteiger partial charge in [-0.15, -0.1) is 0 Å². The number of urea groups is 1. The summed E-state index contributed by atoms with van der Waals surface area (Å²) in [7, 11) is 0. The van der Waals surface area contributed by atoms with Crippen molar-refractivity contribution in [3.05, 3.63) is 0 Å². The van der Waals surface area contributed by atoms with Gasteiger partial charge < -0.3 is 15.5 Å². The molecule has 2 saturated heterocycles. The average molecular weight is 253 g/mol. The Kier molecular flexibility index (Phi) is 4.87. The van der Waals surface area contributed by atoms with Crippen molar-refractivity contribution in [3.8, 4) is 0 Å². The Morgan fingerprint density at radius 3 is 2.72 bits per heavy atom. The van der Waals surface area contributed by atoms with Crippen molar-refractivity contribution in [2.24, 2.45) is 11.8 Å². The number of piperidine rings is 1. The molecule has 1 atom stereocenters.